The Bertz CT molecular complexity index is 614. The molecular weight excluding hydrogens is 271 g/mol. The quantitative estimate of drug-likeness (QED) is 0.903. The maximum absolute atomic E-state index is 12.1. The molecule has 0 saturated carbocycles. The van der Waals surface area contributed by atoms with Crippen LogP contribution < -0.4 is 15.8 Å². The summed E-state index contributed by atoms with van der Waals surface area (Å²) >= 11 is 0. The Balaban J connectivity index is 2.17. The Labute approximate surface area is 113 Å². The summed E-state index contributed by atoms with van der Waals surface area (Å²) in [5, 5.41) is 2.86. The summed E-state index contributed by atoms with van der Waals surface area (Å²) in [6, 6.07) is 7.09. The molecule has 7 heteroatoms. The van der Waals surface area contributed by atoms with E-state index in [0.29, 0.717) is 17.2 Å². The lowest BCUT2D eigenvalue weighted by molar-refractivity contribution is -0.274. The molecule has 2 aromatic rings. The van der Waals surface area contributed by atoms with E-state index in [2.05, 4.69) is 15.0 Å². The topological polar surface area (TPSA) is 60.2 Å². The lowest BCUT2D eigenvalue weighted by Gasteiger charge is -2.11. The van der Waals surface area contributed by atoms with Crippen LogP contribution in [0.5, 0.6) is 5.75 Å². The van der Waals surface area contributed by atoms with Crippen molar-refractivity contribution in [1.82, 2.24) is 4.98 Å². The van der Waals surface area contributed by atoms with Gasteiger partial charge in [0.2, 0.25) is 0 Å². The van der Waals surface area contributed by atoms with Gasteiger partial charge in [-0.3, -0.25) is 0 Å². The Morgan fingerprint density at radius 1 is 1.25 bits per heavy atom. The Kier molecular flexibility index (Phi) is 3.69. The molecule has 2 rings (SSSR count). The maximum atomic E-state index is 12.1. The van der Waals surface area contributed by atoms with Crippen molar-refractivity contribution >= 4 is 17.2 Å². The number of nitrogen functional groups attached to an aromatic ring is 1. The van der Waals surface area contributed by atoms with E-state index in [1.807, 2.05) is 6.92 Å². The highest BCUT2D eigenvalue weighted by molar-refractivity contribution is 5.62. The van der Waals surface area contributed by atoms with Crippen molar-refractivity contribution < 1.29 is 17.9 Å². The van der Waals surface area contributed by atoms with Crippen LogP contribution in [0, 0.1) is 6.92 Å². The summed E-state index contributed by atoms with van der Waals surface area (Å²) in [5.41, 5.74) is 7.52. The number of pyridine rings is 1. The Morgan fingerprint density at radius 3 is 2.65 bits per heavy atom. The summed E-state index contributed by atoms with van der Waals surface area (Å²) < 4.78 is 40.2. The molecule has 0 spiro atoms. The molecule has 106 valence electrons. The fraction of sp³-hybridized carbons (Fsp3) is 0.154. The summed E-state index contributed by atoms with van der Waals surface area (Å²) in [7, 11) is 0. The number of alkyl halides is 3. The molecule has 1 heterocycles. The van der Waals surface area contributed by atoms with Gasteiger partial charge in [-0.2, -0.15) is 0 Å². The number of aromatic nitrogens is 1. The van der Waals surface area contributed by atoms with Crippen molar-refractivity contribution in [2.24, 2.45) is 0 Å². The molecule has 3 N–H and O–H groups in total. The number of halogens is 3. The van der Waals surface area contributed by atoms with Gasteiger partial charge in [-0.15, -0.1) is 13.2 Å². The number of hydrogen-bond donors (Lipinski definition) is 2. The van der Waals surface area contributed by atoms with Crippen LogP contribution >= 0.6 is 0 Å². The first-order chi connectivity index (χ1) is 9.33. The smallest absolute Gasteiger partial charge is 0.406 e. The van der Waals surface area contributed by atoms with Gasteiger partial charge in [-0.05, 0) is 24.6 Å². The summed E-state index contributed by atoms with van der Waals surface area (Å²) in [6.45, 7) is 1.81. The summed E-state index contributed by atoms with van der Waals surface area (Å²) in [6.07, 6.45) is -3.14. The second-order valence-electron chi connectivity index (χ2n) is 4.13. The number of aryl methyl sites for hydroxylation is 1. The molecule has 0 atom stereocenters. The monoisotopic (exact) mass is 283 g/mol. The Hall–Kier alpha value is -2.44. The second kappa shape index (κ2) is 5.28. The molecule has 0 bridgehead atoms. The number of ether oxygens (including phenoxy) is 1. The molecule has 20 heavy (non-hydrogen) atoms. The van der Waals surface area contributed by atoms with Gasteiger partial charge in [0, 0.05) is 29.7 Å². The van der Waals surface area contributed by atoms with Gasteiger partial charge in [0.1, 0.15) is 11.6 Å². The van der Waals surface area contributed by atoms with Crippen LogP contribution in [0.3, 0.4) is 0 Å². The fourth-order valence-electron chi connectivity index (χ4n) is 1.53. The summed E-state index contributed by atoms with van der Waals surface area (Å²) in [5.74, 6) is 0.139. The maximum Gasteiger partial charge on any atom is 0.573 e. The fourth-order valence-corrected chi connectivity index (χ4v) is 1.53. The number of nitrogens with zero attached hydrogens (tertiary/aromatic N) is 1. The minimum Gasteiger partial charge on any atom is -0.406 e. The zero-order valence-corrected chi connectivity index (χ0v) is 10.5. The van der Waals surface area contributed by atoms with Crippen LogP contribution in [-0.2, 0) is 0 Å². The minimum absolute atomic E-state index is 0.303. The normalized spacial score (nSPS) is 11.2. The first-order valence-electron chi connectivity index (χ1n) is 5.68. The van der Waals surface area contributed by atoms with Gasteiger partial charge in [0.05, 0.1) is 0 Å². The number of benzene rings is 1. The molecule has 0 amide bonds. The van der Waals surface area contributed by atoms with E-state index < -0.39 is 6.36 Å². The van der Waals surface area contributed by atoms with Crippen LogP contribution in [0.4, 0.5) is 30.4 Å². The van der Waals surface area contributed by atoms with Gasteiger partial charge >= 0.3 is 6.36 Å². The van der Waals surface area contributed by atoms with Crippen molar-refractivity contribution in [3.63, 3.8) is 0 Å². The molecule has 0 saturated heterocycles. The van der Waals surface area contributed by atoms with Crippen LogP contribution in [-0.4, -0.2) is 11.3 Å². The van der Waals surface area contributed by atoms with Gasteiger partial charge in [0.15, 0.2) is 0 Å². The van der Waals surface area contributed by atoms with Crippen molar-refractivity contribution in [1.29, 1.82) is 0 Å². The summed E-state index contributed by atoms with van der Waals surface area (Å²) in [4.78, 5) is 4.08. The number of nitrogens with two attached hydrogens (primary N) is 1. The largest absolute Gasteiger partial charge is 0.573 e. The zero-order valence-electron chi connectivity index (χ0n) is 10.5. The van der Waals surface area contributed by atoms with E-state index >= 15 is 0 Å². The van der Waals surface area contributed by atoms with Crippen LogP contribution in [0.1, 0.15) is 5.56 Å². The first-order valence-corrected chi connectivity index (χ1v) is 5.68. The highest BCUT2D eigenvalue weighted by atomic mass is 19.4. The number of anilines is 3. The SMILES string of the molecule is Cc1cnc(Nc2cccc(OC(F)(F)F)c2)cc1N. The molecule has 0 fully saturated rings. The average molecular weight is 283 g/mol. The molecule has 0 aliphatic carbocycles. The Morgan fingerprint density at radius 2 is 2.00 bits per heavy atom. The molecule has 0 aliphatic heterocycles. The van der Waals surface area contributed by atoms with E-state index in [0.717, 1.165) is 5.56 Å². The highest BCUT2D eigenvalue weighted by Crippen LogP contribution is 2.26. The molecule has 0 unspecified atom stereocenters. The van der Waals surface area contributed by atoms with E-state index in [-0.39, 0.29) is 5.75 Å². The molecule has 1 aromatic carbocycles. The van der Waals surface area contributed by atoms with Gasteiger partial charge < -0.3 is 15.8 Å². The highest BCUT2D eigenvalue weighted by Gasteiger charge is 2.31. The zero-order chi connectivity index (χ0) is 14.8. The molecule has 0 radical (unpaired) electrons. The number of nitrogens with one attached hydrogen (secondary N) is 1. The predicted octanol–water partition coefficient (Wildman–Crippen LogP) is 3.61. The number of rotatable bonds is 3. The molecule has 1 aromatic heterocycles. The van der Waals surface area contributed by atoms with E-state index in [1.54, 1.807) is 18.3 Å². The standard InChI is InChI=1S/C13H12F3N3O/c1-8-7-18-12(6-11(8)17)19-9-3-2-4-10(5-9)20-13(14,15)16/h2-7H,1H3,(H3,17,18,19). The number of hydrogen-bond acceptors (Lipinski definition) is 4. The van der Waals surface area contributed by atoms with Crippen molar-refractivity contribution in [3.8, 4) is 5.75 Å². The van der Waals surface area contributed by atoms with Crippen molar-refractivity contribution in [2.45, 2.75) is 13.3 Å². The third kappa shape index (κ3) is 3.78. The van der Waals surface area contributed by atoms with Gasteiger partial charge in [-0.1, -0.05) is 6.07 Å². The minimum atomic E-state index is -4.72. The lowest BCUT2D eigenvalue weighted by Crippen LogP contribution is -2.17. The second-order valence-corrected chi connectivity index (χ2v) is 4.13. The van der Waals surface area contributed by atoms with Crippen molar-refractivity contribution in [2.75, 3.05) is 11.1 Å². The molecule has 0 aliphatic rings. The van der Waals surface area contributed by atoms with E-state index in [4.69, 9.17) is 5.73 Å². The van der Waals surface area contributed by atoms with E-state index in [1.165, 1.54) is 18.2 Å². The first kappa shape index (κ1) is 14.0. The molecule has 4 nitrogen and oxygen atoms in total. The van der Waals surface area contributed by atoms with Crippen LogP contribution in [0.25, 0.3) is 0 Å². The van der Waals surface area contributed by atoms with Gasteiger partial charge in [0.25, 0.3) is 0 Å². The van der Waals surface area contributed by atoms with Crippen molar-refractivity contribution in [3.05, 3.63) is 42.1 Å². The lowest BCUT2D eigenvalue weighted by atomic mass is 10.2. The van der Waals surface area contributed by atoms with Crippen LogP contribution in [0.2, 0.25) is 0 Å². The van der Waals surface area contributed by atoms with Gasteiger partial charge in [-0.25, -0.2) is 4.98 Å². The average Bonchev–Trinajstić information content (AvgIpc) is 2.32. The van der Waals surface area contributed by atoms with E-state index in [9.17, 15) is 13.2 Å². The van der Waals surface area contributed by atoms with Crippen LogP contribution in [0.15, 0.2) is 36.5 Å². The third-order valence-electron chi connectivity index (χ3n) is 2.48. The molecular formula is C13H12F3N3O. The third-order valence-corrected chi connectivity index (χ3v) is 2.48. The predicted molar refractivity (Wildman–Crippen MR) is 69.8 cm³/mol.